The molecule has 0 saturated heterocycles. The number of rotatable bonds is 5. The first kappa shape index (κ1) is 14.4. The summed E-state index contributed by atoms with van der Waals surface area (Å²) in [6, 6.07) is 3.54. The SMILES string of the molecule is COc1cc(C=C(C)[N+](=O)[O-])c(SC)cc1OC. The summed E-state index contributed by atoms with van der Waals surface area (Å²) in [5, 5.41) is 10.7. The summed E-state index contributed by atoms with van der Waals surface area (Å²) in [5.41, 5.74) is 0.826. The van der Waals surface area contributed by atoms with Crippen LogP contribution in [0.15, 0.2) is 22.7 Å². The van der Waals surface area contributed by atoms with E-state index in [4.69, 9.17) is 9.47 Å². The lowest BCUT2D eigenvalue weighted by Crippen LogP contribution is -1.96. The van der Waals surface area contributed by atoms with Gasteiger partial charge < -0.3 is 9.47 Å². The van der Waals surface area contributed by atoms with E-state index in [-0.39, 0.29) is 5.70 Å². The number of nitro groups is 1. The molecule has 98 valence electrons. The minimum Gasteiger partial charge on any atom is -0.493 e. The molecule has 0 atom stereocenters. The summed E-state index contributed by atoms with van der Waals surface area (Å²) < 4.78 is 10.4. The van der Waals surface area contributed by atoms with E-state index in [0.717, 1.165) is 10.5 Å². The Bertz CT molecular complexity index is 485. The van der Waals surface area contributed by atoms with Gasteiger partial charge in [0.1, 0.15) is 0 Å². The van der Waals surface area contributed by atoms with Gasteiger partial charge in [0.2, 0.25) is 5.70 Å². The van der Waals surface area contributed by atoms with Crippen molar-refractivity contribution in [3.63, 3.8) is 0 Å². The van der Waals surface area contributed by atoms with Crippen LogP contribution in [0.1, 0.15) is 12.5 Å². The van der Waals surface area contributed by atoms with E-state index < -0.39 is 4.92 Å². The van der Waals surface area contributed by atoms with E-state index in [1.807, 2.05) is 12.3 Å². The van der Waals surface area contributed by atoms with E-state index in [1.54, 1.807) is 13.2 Å². The molecule has 0 aromatic heterocycles. The number of hydrogen-bond donors (Lipinski definition) is 0. The van der Waals surface area contributed by atoms with Crippen LogP contribution in [0.5, 0.6) is 11.5 Å². The highest BCUT2D eigenvalue weighted by molar-refractivity contribution is 7.98. The Kier molecular flexibility index (Phi) is 5.03. The lowest BCUT2D eigenvalue weighted by Gasteiger charge is -2.11. The quantitative estimate of drug-likeness (QED) is 0.467. The number of ether oxygens (including phenoxy) is 2. The summed E-state index contributed by atoms with van der Waals surface area (Å²) in [6.07, 6.45) is 3.42. The van der Waals surface area contributed by atoms with Gasteiger partial charge >= 0.3 is 0 Å². The van der Waals surface area contributed by atoms with Crippen LogP contribution in [0.2, 0.25) is 0 Å². The minimum absolute atomic E-state index is 0.0810. The van der Waals surface area contributed by atoms with Crippen LogP contribution >= 0.6 is 11.8 Å². The highest BCUT2D eigenvalue weighted by Gasteiger charge is 2.11. The zero-order valence-electron chi connectivity index (χ0n) is 10.7. The second kappa shape index (κ2) is 6.30. The highest BCUT2D eigenvalue weighted by Crippen LogP contribution is 2.35. The van der Waals surface area contributed by atoms with Gasteiger partial charge in [-0.05, 0) is 24.0 Å². The van der Waals surface area contributed by atoms with Crippen molar-refractivity contribution >= 4 is 17.8 Å². The Morgan fingerprint density at radius 1 is 1.33 bits per heavy atom. The van der Waals surface area contributed by atoms with Crippen LogP contribution in [-0.4, -0.2) is 25.4 Å². The van der Waals surface area contributed by atoms with Gasteiger partial charge in [0, 0.05) is 17.9 Å². The molecular weight excluding hydrogens is 254 g/mol. The molecule has 1 rings (SSSR count). The molecule has 0 unspecified atom stereocenters. The maximum atomic E-state index is 10.7. The first-order valence-corrected chi connectivity index (χ1v) is 6.38. The molecule has 0 amide bonds. The van der Waals surface area contributed by atoms with Gasteiger partial charge in [-0.1, -0.05) is 0 Å². The maximum absolute atomic E-state index is 10.7. The summed E-state index contributed by atoms with van der Waals surface area (Å²) >= 11 is 1.50. The molecule has 0 aliphatic rings. The first-order chi connectivity index (χ1) is 8.53. The van der Waals surface area contributed by atoms with Crippen LogP contribution in [0, 0.1) is 10.1 Å². The van der Waals surface area contributed by atoms with Gasteiger partial charge in [0.15, 0.2) is 11.5 Å². The Balaban J connectivity index is 3.34. The molecule has 0 heterocycles. The topological polar surface area (TPSA) is 61.6 Å². The van der Waals surface area contributed by atoms with Gasteiger partial charge in [-0.2, -0.15) is 0 Å². The minimum atomic E-state index is -0.416. The van der Waals surface area contributed by atoms with Crippen molar-refractivity contribution in [3.05, 3.63) is 33.5 Å². The van der Waals surface area contributed by atoms with E-state index >= 15 is 0 Å². The molecule has 1 aromatic carbocycles. The van der Waals surface area contributed by atoms with E-state index in [2.05, 4.69) is 0 Å². The Labute approximate surface area is 110 Å². The number of hydrogen-bond acceptors (Lipinski definition) is 5. The van der Waals surface area contributed by atoms with Gasteiger partial charge in [0.05, 0.1) is 19.1 Å². The number of benzene rings is 1. The second-order valence-corrected chi connectivity index (χ2v) is 4.34. The Morgan fingerprint density at radius 3 is 2.33 bits per heavy atom. The third-order valence-electron chi connectivity index (χ3n) is 2.39. The largest absolute Gasteiger partial charge is 0.493 e. The van der Waals surface area contributed by atoms with E-state index in [0.29, 0.717) is 11.5 Å². The zero-order valence-corrected chi connectivity index (χ0v) is 11.5. The third-order valence-corrected chi connectivity index (χ3v) is 3.18. The molecule has 5 nitrogen and oxygen atoms in total. The molecule has 0 fully saturated rings. The summed E-state index contributed by atoms with van der Waals surface area (Å²) in [6.45, 7) is 1.46. The van der Waals surface area contributed by atoms with Crippen molar-refractivity contribution in [3.8, 4) is 11.5 Å². The van der Waals surface area contributed by atoms with E-state index in [9.17, 15) is 10.1 Å². The van der Waals surface area contributed by atoms with Crippen LogP contribution < -0.4 is 9.47 Å². The average Bonchev–Trinajstić information content (AvgIpc) is 2.37. The van der Waals surface area contributed by atoms with Gasteiger partial charge in [-0.3, -0.25) is 10.1 Å². The van der Waals surface area contributed by atoms with Crippen molar-refractivity contribution in [2.75, 3.05) is 20.5 Å². The Morgan fingerprint density at radius 2 is 1.89 bits per heavy atom. The molecule has 0 radical (unpaired) electrons. The average molecular weight is 269 g/mol. The highest BCUT2D eigenvalue weighted by atomic mass is 32.2. The molecular formula is C12H15NO4S. The molecule has 0 aliphatic heterocycles. The summed E-state index contributed by atoms with van der Waals surface area (Å²) in [4.78, 5) is 11.1. The lowest BCUT2D eigenvalue weighted by atomic mass is 10.1. The number of thioether (sulfide) groups is 1. The predicted molar refractivity (Wildman–Crippen MR) is 72.0 cm³/mol. The molecule has 0 aliphatic carbocycles. The van der Waals surface area contributed by atoms with Crippen LogP contribution in [0.3, 0.4) is 0 Å². The fraction of sp³-hybridized carbons (Fsp3) is 0.333. The number of nitrogens with zero attached hydrogens (tertiary/aromatic N) is 1. The van der Waals surface area contributed by atoms with Gasteiger partial charge in [0.25, 0.3) is 0 Å². The molecule has 0 spiro atoms. The van der Waals surface area contributed by atoms with Crippen LogP contribution in [0.4, 0.5) is 0 Å². The normalized spacial score (nSPS) is 11.2. The fourth-order valence-corrected chi connectivity index (χ4v) is 2.02. The zero-order chi connectivity index (χ0) is 13.7. The van der Waals surface area contributed by atoms with Crippen LogP contribution in [-0.2, 0) is 0 Å². The number of methoxy groups -OCH3 is 2. The maximum Gasteiger partial charge on any atom is 0.243 e. The fourth-order valence-electron chi connectivity index (χ4n) is 1.44. The molecule has 0 bridgehead atoms. The van der Waals surface area contributed by atoms with Crippen molar-refractivity contribution in [1.29, 1.82) is 0 Å². The van der Waals surface area contributed by atoms with Crippen LogP contribution in [0.25, 0.3) is 6.08 Å². The molecule has 18 heavy (non-hydrogen) atoms. The standard InChI is InChI=1S/C12H15NO4S/c1-8(13(14)15)5-9-6-10(16-2)11(17-3)7-12(9)18-4/h5-7H,1-4H3. The smallest absolute Gasteiger partial charge is 0.243 e. The summed E-state index contributed by atoms with van der Waals surface area (Å²) in [7, 11) is 3.09. The molecule has 1 aromatic rings. The second-order valence-electron chi connectivity index (χ2n) is 3.49. The first-order valence-electron chi connectivity index (χ1n) is 5.16. The predicted octanol–water partition coefficient (Wildman–Crippen LogP) is 3.06. The molecule has 0 saturated carbocycles. The monoisotopic (exact) mass is 269 g/mol. The number of allylic oxidation sites excluding steroid dienone is 1. The summed E-state index contributed by atoms with van der Waals surface area (Å²) in [5.74, 6) is 1.16. The molecule has 6 heteroatoms. The van der Waals surface area contributed by atoms with E-state index in [1.165, 1.54) is 31.9 Å². The Hall–Kier alpha value is -1.69. The van der Waals surface area contributed by atoms with Gasteiger partial charge in [-0.15, -0.1) is 11.8 Å². The van der Waals surface area contributed by atoms with Crippen molar-refractivity contribution in [2.45, 2.75) is 11.8 Å². The van der Waals surface area contributed by atoms with Crippen molar-refractivity contribution in [1.82, 2.24) is 0 Å². The molecule has 0 N–H and O–H groups in total. The lowest BCUT2D eigenvalue weighted by molar-refractivity contribution is -0.422. The third kappa shape index (κ3) is 3.16. The van der Waals surface area contributed by atoms with Crippen molar-refractivity contribution < 1.29 is 14.4 Å². The van der Waals surface area contributed by atoms with Crippen molar-refractivity contribution in [2.24, 2.45) is 0 Å². The van der Waals surface area contributed by atoms with Gasteiger partial charge in [-0.25, -0.2) is 0 Å².